The lowest BCUT2D eigenvalue weighted by Crippen LogP contribution is -2.29. The number of unbranched alkanes of at least 4 members (excludes halogenated alkanes) is 1. The second-order valence-electron chi connectivity index (χ2n) is 6.57. The van der Waals surface area contributed by atoms with Crippen LogP contribution >= 0.6 is 23.4 Å². The van der Waals surface area contributed by atoms with Gasteiger partial charge in [-0.2, -0.15) is 0 Å². The van der Waals surface area contributed by atoms with Crippen molar-refractivity contribution in [2.75, 3.05) is 6.54 Å². The number of carbonyl (C=O) groups is 1. The number of hydrogen-bond acceptors (Lipinski definition) is 2. The Balaban J connectivity index is 1.81. The minimum Gasteiger partial charge on any atom is -0.352 e. The van der Waals surface area contributed by atoms with Crippen molar-refractivity contribution in [2.45, 2.75) is 50.2 Å². The molecule has 0 saturated heterocycles. The summed E-state index contributed by atoms with van der Waals surface area (Å²) >= 11 is 7.67. The smallest absolute Gasteiger partial charge is 0.251 e. The molecular weight excluding hydrogens is 362 g/mol. The fraction of sp³-hybridized carbons (Fsp3) is 0.409. The van der Waals surface area contributed by atoms with Gasteiger partial charge in [-0.15, -0.1) is 11.8 Å². The third-order valence-corrected chi connectivity index (χ3v) is 5.86. The zero-order chi connectivity index (χ0) is 18.8. The standard InChI is InChI=1S/C22H28ClNOS/c1-3-5-6-17(4-2)15-24-22(25)19-9-7-18(8-10-19)16-26-21-13-11-20(23)12-14-21/h7-14,17H,3-6,15-16H2,1-2H3,(H,24,25)/t17-/m1/s1. The first-order chi connectivity index (χ1) is 12.6. The molecule has 0 fully saturated rings. The van der Waals surface area contributed by atoms with Crippen molar-refractivity contribution in [3.8, 4) is 0 Å². The Hall–Kier alpha value is -1.45. The molecule has 0 bridgehead atoms. The molecule has 0 saturated carbocycles. The average molecular weight is 390 g/mol. The maximum atomic E-state index is 12.3. The molecule has 0 radical (unpaired) electrons. The number of halogens is 1. The Morgan fingerprint density at radius 3 is 2.38 bits per heavy atom. The quantitative estimate of drug-likeness (QED) is 0.465. The van der Waals surface area contributed by atoms with Gasteiger partial charge in [0.05, 0.1) is 0 Å². The molecule has 4 heteroatoms. The Morgan fingerprint density at radius 2 is 1.77 bits per heavy atom. The molecule has 0 spiro atoms. The van der Waals surface area contributed by atoms with Crippen LogP contribution in [-0.4, -0.2) is 12.5 Å². The third-order valence-electron chi connectivity index (χ3n) is 4.53. The van der Waals surface area contributed by atoms with Crippen molar-refractivity contribution in [1.29, 1.82) is 0 Å². The van der Waals surface area contributed by atoms with Crippen LogP contribution < -0.4 is 5.32 Å². The van der Waals surface area contributed by atoms with E-state index in [1.54, 1.807) is 11.8 Å². The van der Waals surface area contributed by atoms with Crippen LogP contribution in [0.5, 0.6) is 0 Å². The minimum absolute atomic E-state index is 0.0249. The molecule has 140 valence electrons. The SMILES string of the molecule is CCCC[C@@H](CC)CNC(=O)c1ccc(CSc2ccc(Cl)cc2)cc1. The summed E-state index contributed by atoms with van der Waals surface area (Å²) < 4.78 is 0. The van der Waals surface area contributed by atoms with Gasteiger partial charge in [-0.1, -0.05) is 56.8 Å². The summed E-state index contributed by atoms with van der Waals surface area (Å²) in [5.74, 6) is 1.48. The fourth-order valence-electron chi connectivity index (χ4n) is 2.73. The number of carbonyl (C=O) groups excluding carboxylic acids is 1. The van der Waals surface area contributed by atoms with Crippen LogP contribution in [0, 0.1) is 5.92 Å². The molecule has 26 heavy (non-hydrogen) atoms. The van der Waals surface area contributed by atoms with Gasteiger partial charge < -0.3 is 5.32 Å². The highest BCUT2D eigenvalue weighted by atomic mass is 35.5. The number of hydrogen-bond donors (Lipinski definition) is 1. The molecule has 0 unspecified atom stereocenters. The van der Waals surface area contributed by atoms with Gasteiger partial charge in [-0.05, 0) is 54.3 Å². The molecule has 2 aromatic rings. The number of amides is 1. The molecule has 0 aliphatic heterocycles. The van der Waals surface area contributed by atoms with E-state index in [0.29, 0.717) is 5.92 Å². The Morgan fingerprint density at radius 1 is 1.08 bits per heavy atom. The lowest BCUT2D eigenvalue weighted by molar-refractivity contribution is 0.0946. The lowest BCUT2D eigenvalue weighted by atomic mass is 9.99. The first kappa shape index (κ1) is 20.9. The summed E-state index contributed by atoms with van der Waals surface area (Å²) in [5.41, 5.74) is 1.94. The molecule has 2 aromatic carbocycles. The third kappa shape index (κ3) is 7.05. The van der Waals surface area contributed by atoms with Gasteiger partial charge in [0, 0.05) is 27.8 Å². The number of nitrogens with one attached hydrogen (secondary N) is 1. The van der Waals surface area contributed by atoms with Crippen molar-refractivity contribution in [3.05, 3.63) is 64.7 Å². The maximum absolute atomic E-state index is 12.3. The second kappa shape index (κ2) is 11.3. The molecule has 1 N–H and O–H groups in total. The van der Waals surface area contributed by atoms with Crippen LogP contribution in [0.3, 0.4) is 0 Å². The summed E-state index contributed by atoms with van der Waals surface area (Å²) in [6.45, 7) is 5.17. The topological polar surface area (TPSA) is 29.1 Å². The second-order valence-corrected chi connectivity index (χ2v) is 8.05. The number of thioether (sulfide) groups is 1. The maximum Gasteiger partial charge on any atom is 0.251 e. The highest BCUT2D eigenvalue weighted by Gasteiger charge is 2.10. The molecule has 0 aliphatic carbocycles. The molecule has 2 nitrogen and oxygen atoms in total. The Labute approximate surface area is 166 Å². The zero-order valence-electron chi connectivity index (χ0n) is 15.6. The van der Waals surface area contributed by atoms with E-state index >= 15 is 0 Å². The highest BCUT2D eigenvalue weighted by molar-refractivity contribution is 7.98. The molecule has 0 heterocycles. The van der Waals surface area contributed by atoms with Crippen molar-refractivity contribution in [3.63, 3.8) is 0 Å². The molecule has 0 aliphatic rings. The van der Waals surface area contributed by atoms with Crippen molar-refractivity contribution in [1.82, 2.24) is 5.32 Å². The lowest BCUT2D eigenvalue weighted by Gasteiger charge is -2.15. The summed E-state index contributed by atoms with van der Waals surface area (Å²) in [6, 6.07) is 15.8. The predicted molar refractivity (Wildman–Crippen MR) is 113 cm³/mol. The molecular formula is C22H28ClNOS. The van der Waals surface area contributed by atoms with Crippen molar-refractivity contribution >= 4 is 29.3 Å². The van der Waals surface area contributed by atoms with Crippen molar-refractivity contribution < 1.29 is 4.79 Å². The van der Waals surface area contributed by atoms with Gasteiger partial charge in [0.1, 0.15) is 0 Å². The molecule has 0 aromatic heterocycles. The van der Waals surface area contributed by atoms with Gasteiger partial charge in [-0.25, -0.2) is 0 Å². The number of benzene rings is 2. The minimum atomic E-state index is 0.0249. The Kier molecular flexibility index (Phi) is 9.07. The van der Waals surface area contributed by atoms with E-state index in [9.17, 15) is 4.79 Å². The van der Waals surface area contributed by atoms with Crippen LogP contribution in [0.4, 0.5) is 0 Å². The van der Waals surface area contributed by atoms with E-state index in [4.69, 9.17) is 11.6 Å². The summed E-state index contributed by atoms with van der Waals surface area (Å²) in [6.07, 6.45) is 4.74. The van der Waals surface area contributed by atoms with Gasteiger partial charge in [-0.3, -0.25) is 4.79 Å². The highest BCUT2D eigenvalue weighted by Crippen LogP contribution is 2.24. The zero-order valence-corrected chi connectivity index (χ0v) is 17.2. The van der Waals surface area contributed by atoms with Crippen LogP contribution in [-0.2, 0) is 5.75 Å². The van der Waals surface area contributed by atoms with Crippen LogP contribution in [0.15, 0.2) is 53.4 Å². The van der Waals surface area contributed by atoms with Gasteiger partial charge >= 0.3 is 0 Å². The van der Waals surface area contributed by atoms with Crippen LogP contribution in [0.25, 0.3) is 0 Å². The summed E-state index contributed by atoms with van der Waals surface area (Å²) in [4.78, 5) is 13.5. The van der Waals surface area contributed by atoms with Crippen LogP contribution in [0.1, 0.15) is 55.5 Å². The van der Waals surface area contributed by atoms with E-state index in [0.717, 1.165) is 29.3 Å². The first-order valence-electron chi connectivity index (χ1n) is 9.37. The van der Waals surface area contributed by atoms with E-state index in [2.05, 4.69) is 19.2 Å². The largest absolute Gasteiger partial charge is 0.352 e. The normalized spacial score (nSPS) is 12.0. The fourth-order valence-corrected chi connectivity index (χ4v) is 3.71. The van der Waals surface area contributed by atoms with E-state index < -0.39 is 0 Å². The summed E-state index contributed by atoms with van der Waals surface area (Å²) in [5, 5.41) is 3.84. The van der Waals surface area contributed by atoms with Gasteiger partial charge in [0.2, 0.25) is 0 Å². The monoisotopic (exact) mass is 389 g/mol. The van der Waals surface area contributed by atoms with Crippen LogP contribution in [0.2, 0.25) is 5.02 Å². The van der Waals surface area contributed by atoms with E-state index in [-0.39, 0.29) is 5.91 Å². The summed E-state index contributed by atoms with van der Waals surface area (Å²) in [7, 11) is 0. The Bertz CT molecular complexity index is 670. The first-order valence-corrected chi connectivity index (χ1v) is 10.7. The predicted octanol–water partition coefficient (Wildman–Crippen LogP) is 6.58. The number of rotatable bonds is 10. The average Bonchev–Trinajstić information content (AvgIpc) is 2.68. The molecule has 1 atom stereocenters. The van der Waals surface area contributed by atoms with E-state index in [1.165, 1.54) is 29.7 Å². The molecule has 2 rings (SSSR count). The molecule has 1 amide bonds. The van der Waals surface area contributed by atoms with Crippen molar-refractivity contribution in [2.24, 2.45) is 5.92 Å². The van der Waals surface area contributed by atoms with E-state index in [1.807, 2.05) is 48.5 Å². The van der Waals surface area contributed by atoms with Gasteiger partial charge in [0.15, 0.2) is 0 Å². The van der Waals surface area contributed by atoms with Gasteiger partial charge in [0.25, 0.3) is 5.91 Å².